The average Bonchev–Trinajstić information content (AvgIpc) is 2.55. The van der Waals surface area contributed by atoms with E-state index in [2.05, 4.69) is 27.9 Å². The van der Waals surface area contributed by atoms with Crippen molar-refractivity contribution in [1.82, 2.24) is 5.32 Å². The Morgan fingerprint density at radius 3 is 2.52 bits per heavy atom. The van der Waals surface area contributed by atoms with Gasteiger partial charge < -0.3 is 5.11 Å². The monoisotopic (exact) mass is 418 g/mol. The molecule has 1 aromatic carbocycles. The lowest BCUT2D eigenvalue weighted by Crippen LogP contribution is -2.53. The summed E-state index contributed by atoms with van der Waals surface area (Å²) in [7, 11) is 0. The summed E-state index contributed by atoms with van der Waals surface area (Å²) < 4.78 is 2.69. The number of nitrogens with zero attached hydrogens (tertiary/aromatic N) is 2. The largest absolute Gasteiger partial charge is 0.494 e. The number of aromatic nitrogens is 1. The zero-order chi connectivity index (χ0) is 16.4. The summed E-state index contributed by atoms with van der Waals surface area (Å²) in [5, 5.41) is 21.9. The number of carbonyl (C=O) groups is 1. The van der Waals surface area contributed by atoms with E-state index in [1.54, 1.807) is 17.0 Å². The molecule has 0 bridgehead atoms. The Kier molecular flexibility index (Phi) is 4.30. The first kappa shape index (κ1) is 15.5. The molecule has 1 aromatic heterocycles. The number of amides is 1. The van der Waals surface area contributed by atoms with Crippen LogP contribution in [0.5, 0.6) is 0 Å². The van der Waals surface area contributed by atoms with E-state index in [9.17, 15) is 15.2 Å². The van der Waals surface area contributed by atoms with Gasteiger partial charge in [-0.15, -0.1) is 0 Å². The number of allylic oxidation sites excluding steroid dienone is 1. The molecule has 0 fully saturated rings. The fourth-order valence-electron chi connectivity index (χ4n) is 2.79. The number of aliphatic hydroxyl groups excluding tert-OH is 1. The highest BCUT2D eigenvalue weighted by Crippen LogP contribution is 2.38. The minimum atomic E-state index is -0.641. The van der Waals surface area contributed by atoms with Crippen LogP contribution in [0.2, 0.25) is 0 Å². The number of rotatable bonds is 2. The van der Waals surface area contributed by atoms with Crippen molar-refractivity contribution >= 4 is 28.5 Å². The van der Waals surface area contributed by atoms with Crippen molar-refractivity contribution in [3.05, 3.63) is 75.4 Å². The third-order valence-corrected chi connectivity index (χ3v) is 4.80. The number of aliphatic hydroxyl groups is 1. The first-order valence-electron chi connectivity index (χ1n) is 6.97. The lowest BCUT2D eigenvalue weighted by molar-refractivity contribution is -0.711. The van der Waals surface area contributed by atoms with Gasteiger partial charge in [-0.1, -0.05) is 24.3 Å². The zero-order valence-electron chi connectivity index (χ0n) is 12.0. The van der Waals surface area contributed by atoms with Crippen LogP contribution >= 0.6 is 22.6 Å². The van der Waals surface area contributed by atoms with Crippen LogP contribution in [0.1, 0.15) is 17.5 Å². The Labute approximate surface area is 147 Å². The summed E-state index contributed by atoms with van der Waals surface area (Å²) in [6, 6.07) is 14.5. The predicted octanol–water partition coefficient (Wildman–Crippen LogP) is 2.33. The standard InChI is InChI=1S/C17H12IN3O2/c18-13-7-3-2-6-11(13)14-12(10-19)16(22)20-17(23)15(14)21-8-4-1-5-9-21/h1-9,14-15H,(H-,20,22,23)/p+1/t14-,15-/m0/s1. The Bertz CT molecular complexity index is 827. The molecule has 114 valence electrons. The lowest BCUT2D eigenvalue weighted by atomic mass is 9.82. The number of nitrogens with one attached hydrogen (secondary N) is 1. The van der Waals surface area contributed by atoms with Gasteiger partial charge in [0, 0.05) is 15.7 Å². The van der Waals surface area contributed by atoms with E-state index in [4.69, 9.17) is 0 Å². The Morgan fingerprint density at radius 1 is 1.17 bits per heavy atom. The van der Waals surface area contributed by atoms with E-state index in [1.165, 1.54) is 0 Å². The first-order chi connectivity index (χ1) is 11.1. The Hall–Kier alpha value is -2.40. The van der Waals surface area contributed by atoms with E-state index in [0.717, 1.165) is 9.13 Å². The molecule has 2 aromatic rings. The van der Waals surface area contributed by atoms with Gasteiger partial charge in [0.2, 0.25) is 11.9 Å². The minimum Gasteiger partial charge on any atom is -0.494 e. The molecule has 2 N–H and O–H groups in total. The van der Waals surface area contributed by atoms with E-state index >= 15 is 0 Å². The molecule has 6 heteroatoms. The Balaban J connectivity index is 2.23. The van der Waals surface area contributed by atoms with Gasteiger partial charge in [-0.2, -0.15) is 9.83 Å². The van der Waals surface area contributed by atoms with Crippen molar-refractivity contribution in [2.24, 2.45) is 0 Å². The van der Waals surface area contributed by atoms with Crippen LogP contribution in [0.4, 0.5) is 0 Å². The van der Waals surface area contributed by atoms with Crippen LogP contribution in [-0.2, 0) is 4.79 Å². The zero-order valence-corrected chi connectivity index (χ0v) is 14.1. The predicted molar refractivity (Wildman–Crippen MR) is 91.0 cm³/mol. The molecule has 1 amide bonds. The molecule has 2 heterocycles. The molecule has 0 spiro atoms. The quantitative estimate of drug-likeness (QED) is 0.581. The molecule has 1 aliphatic heterocycles. The fraction of sp³-hybridized carbons (Fsp3) is 0.118. The highest BCUT2D eigenvalue weighted by Gasteiger charge is 2.46. The van der Waals surface area contributed by atoms with E-state index in [-0.39, 0.29) is 17.4 Å². The average molecular weight is 418 g/mol. The van der Waals surface area contributed by atoms with Gasteiger partial charge in [0.05, 0.1) is 5.92 Å². The summed E-state index contributed by atoms with van der Waals surface area (Å²) in [5.41, 5.74) is 1.00. The molecule has 0 saturated carbocycles. The maximum atomic E-state index is 12.5. The smallest absolute Gasteiger partial charge is 0.296 e. The van der Waals surface area contributed by atoms with Gasteiger partial charge >= 0.3 is 0 Å². The van der Waals surface area contributed by atoms with Gasteiger partial charge in [-0.05, 0) is 34.2 Å². The highest BCUT2D eigenvalue weighted by atomic mass is 127. The molecule has 0 unspecified atom stereocenters. The number of halogens is 1. The summed E-state index contributed by atoms with van der Waals surface area (Å²) >= 11 is 2.18. The van der Waals surface area contributed by atoms with Crippen LogP contribution < -0.4 is 9.88 Å². The highest BCUT2D eigenvalue weighted by molar-refractivity contribution is 14.1. The van der Waals surface area contributed by atoms with Crippen molar-refractivity contribution < 1.29 is 14.5 Å². The summed E-state index contributed by atoms with van der Waals surface area (Å²) in [5.74, 6) is -1.26. The van der Waals surface area contributed by atoms with Crippen molar-refractivity contribution in [1.29, 1.82) is 5.26 Å². The molecular formula is C17H13IN3O2+. The summed E-state index contributed by atoms with van der Waals surface area (Å²) in [6.07, 6.45) is 3.56. The van der Waals surface area contributed by atoms with E-state index in [1.807, 2.05) is 48.5 Å². The molecule has 1 aliphatic rings. The van der Waals surface area contributed by atoms with Crippen molar-refractivity contribution in [3.63, 3.8) is 0 Å². The Morgan fingerprint density at radius 2 is 1.87 bits per heavy atom. The second-order valence-electron chi connectivity index (χ2n) is 5.13. The maximum Gasteiger partial charge on any atom is 0.296 e. The van der Waals surface area contributed by atoms with Crippen molar-refractivity contribution in [2.75, 3.05) is 0 Å². The van der Waals surface area contributed by atoms with Crippen LogP contribution in [0, 0.1) is 14.9 Å². The van der Waals surface area contributed by atoms with Crippen LogP contribution in [0.15, 0.2) is 66.3 Å². The molecule has 3 rings (SSSR count). The summed E-state index contributed by atoms with van der Waals surface area (Å²) in [4.78, 5) is 12.5. The molecule has 2 atom stereocenters. The van der Waals surface area contributed by atoms with E-state index < -0.39 is 12.0 Å². The van der Waals surface area contributed by atoms with Gasteiger partial charge in [0.15, 0.2) is 12.4 Å². The number of benzene rings is 1. The van der Waals surface area contributed by atoms with Crippen molar-refractivity contribution in [2.45, 2.75) is 12.0 Å². The van der Waals surface area contributed by atoms with Gasteiger partial charge in [-0.25, -0.2) is 0 Å². The normalized spacial score (nSPS) is 20.8. The molecule has 5 nitrogen and oxygen atoms in total. The number of nitriles is 1. The SMILES string of the molecule is N#CC1=C(O)NC(=O)[C@@H]([n+]2ccccc2)[C@H]1c1ccccc1I. The molecule has 23 heavy (non-hydrogen) atoms. The molecular weight excluding hydrogens is 405 g/mol. The lowest BCUT2D eigenvalue weighted by Gasteiger charge is -2.27. The minimum absolute atomic E-state index is 0.162. The van der Waals surface area contributed by atoms with Crippen LogP contribution in [-0.4, -0.2) is 11.0 Å². The second kappa shape index (κ2) is 6.38. The van der Waals surface area contributed by atoms with Crippen LogP contribution in [0.3, 0.4) is 0 Å². The molecule has 0 radical (unpaired) electrons. The topological polar surface area (TPSA) is 77.0 Å². The fourth-order valence-corrected chi connectivity index (χ4v) is 3.52. The van der Waals surface area contributed by atoms with Gasteiger partial charge in [-0.3, -0.25) is 10.1 Å². The third kappa shape index (κ3) is 2.80. The molecule has 0 saturated heterocycles. The first-order valence-corrected chi connectivity index (χ1v) is 8.05. The second-order valence-corrected chi connectivity index (χ2v) is 6.29. The van der Waals surface area contributed by atoms with E-state index in [0.29, 0.717) is 0 Å². The number of hydrogen-bond donors (Lipinski definition) is 2. The van der Waals surface area contributed by atoms with Crippen molar-refractivity contribution in [3.8, 4) is 6.07 Å². The summed E-state index contributed by atoms with van der Waals surface area (Å²) in [6.45, 7) is 0. The number of hydrogen-bond acceptors (Lipinski definition) is 3. The van der Waals surface area contributed by atoms with Gasteiger partial charge in [0.25, 0.3) is 5.91 Å². The van der Waals surface area contributed by atoms with Crippen LogP contribution in [0.25, 0.3) is 0 Å². The molecule has 0 aliphatic carbocycles. The maximum absolute atomic E-state index is 12.5. The van der Waals surface area contributed by atoms with Gasteiger partial charge in [0.1, 0.15) is 11.6 Å². The third-order valence-electron chi connectivity index (χ3n) is 3.81. The number of pyridine rings is 1. The number of carbonyl (C=O) groups excluding carboxylic acids is 1.